The third-order valence-corrected chi connectivity index (χ3v) is 2.68. The number of benzene rings is 1. The van der Waals surface area contributed by atoms with E-state index in [1.807, 2.05) is 6.20 Å². The molecule has 1 aromatic carbocycles. The summed E-state index contributed by atoms with van der Waals surface area (Å²) >= 11 is 0. The summed E-state index contributed by atoms with van der Waals surface area (Å²) in [6, 6.07) is 5.96. The Bertz CT molecular complexity index is 526. The number of hydrogen-bond acceptors (Lipinski definition) is 3. The predicted octanol–water partition coefficient (Wildman–Crippen LogP) is 2.30. The molecule has 19 heavy (non-hydrogen) atoms. The van der Waals surface area contributed by atoms with Crippen molar-refractivity contribution >= 4 is 0 Å². The Hall–Kier alpha value is -1.95. The Kier molecular flexibility index (Phi) is 4.11. The first-order valence-electron chi connectivity index (χ1n) is 5.75. The molecule has 0 saturated carbocycles. The van der Waals surface area contributed by atoms with Crippen LogP contribution in [-0.4, -0.2) is 21.5 Å². The summed E-state index contributed by atoms with van der Waals surface area (Å²) in [4.78, 5) is 0. The second kappa shape index (κ2) is 5.79. The van der Waals surface area contributed by atoms with E-state index in [0.717, 1.165) is 5.56 Å². The highest BCUT2D eigenvalue weighted by molar-refractivity contribution is 5.29. The first kappa shape index (κ1) is 13.5. The quantitative estimate of drug-likeness (QED) is 0.905. The van der Waals surface area contributed by atoms with Gasteiger partial charge < -0.3 is 9.84 Å². The van der Waals surface area contributed by atoms with Gasteiger partial charge in [0.1, 0.15) is 5.75 Å². The van der Waals surface area contributed by atoms with E-state index in [-0.39, 0.29) is 5.75 Å². The molecule has 1 aromatic heterocycles. The molecule has 0 aliphatic rings. The molecule has 2 aromatic rings. The van der Waals surface area contributed by atoms with E-state index in [4.69, 9.17) is 0 Å². The van der Waals surface area contributed by atoms with Gasteiger partial charge in [-0.2, -0.15) is 13.9 Å². The average molecular weight is 268 g/mol. The van der Waals surface area contributed by atoms with Crippen LogP contribution in [0.5, 0.6) is 5.75 Å². The van der Waals surface area contributed by atoms with Gasteiger partial charge in [-0.1, -0.05) is 12.1 Å². The van der Waals surface area contributed by atoms with Crippen LogP contribution in [0.15, 0.2) is 36.7 Å². The fourth-order valence-corrected chi connectivity index (χ4v) is 1.79. The molecule has 0 saturated heterocycles. The maximum atomic E-state index is 12.0. The molecule has 0 fully saturated rings. The minimum atomic E-state index is -2.84. The van der Waals surface area contributed by atoms with Crippen molar-refractivity contribution in [2.24, 2.45) is 7.05 Å². The maximum Gasteiger partial charge on any atom is 0.387 e. The van der Waals surface area contributed by atoms with E-state index in [0.29, 0.717) is 12.0 Å². The van der Waals surface area contributed by atoms with Gasteiger partial charge in [-0.25, -0.2) is 0 Å². The molecular formula is C13H14F2N2O2. The third kappa shape index (κ3) is 3.75. The van der Waals surface area contributed by atoms with Gasteiger partial charge >= 0.3 is 6.61 Å². The lowest BCUT2D eigenvalue weighted by atomic mass is 10.0. The number of halogens is 2. The average Bonchev–Trinajstić information content (AvgIpc) is 2.75. The number of hydrogen-bond donors (Lipinski definition) is 1. The Labute approximate surface area is 109 Å². The van der Waals surface area contributed by atoms with E-state index in [1.54, 1.807) is 30.1 Å². The molecule has 0 aliphatic carbocycles. The SMILES string of the molecule is Cn1cc(CC(O)c2ccc(OC(F)F)cc2)cn1. The van der Waals surface area contributed by atoms with Crippen molar-refractivity contribution in [2.45, 2.75) is 19.1 Å². The van der Waals surface area contributed by atoms with Crippen LogP contribution in [0.4, 0.5) is 8.78 Å². The van der Waals surface area contributed by atoms with Gasteiger partial charge in [0.2, 0.25) is 0 Å². The molecule has 4 nitrogen and oxygen atoms in total. The Morgan fingerprint density at radius 3 is 2.53 bits per heavy atom. The van der Waals surface area contributed by atoms with Crippen molar-refractivity contribution in [2.75, 3.05) is 0 Å². The fraction of sp³-hybridized carbons (Fsp3) is 0.308. The second-order valence-corrected chi connectivity index (χ2v) is 4.19. The summed E-state index contributed by atoms with van der Waals surface area (Å²) in [5.74, 6) is 0.0762. The Morgan fingerprint density at radius 1 is 1.32 bits per heavy atom. The lowest BCUT2D eigenvalue weighted by Crippen LogP contribution is -2.03. The van der Waals surface area contributed by atoms with Crippen LogP contribution in [-0.2, 0) is 13.5 Å². The molecule has 0 aliphatic heterocycles. The van der Waals surface area contributed by atoms with Crippen LogP contribution < -0.4 is 4.74 Å². The van der Waals surface area contributed by atoms with Crippen molar-refractivity contribution in [3.05, 3.63) is 47.8 Å². The van der Waals surface area contributed by atoms with E-state index in [1.165, 1.54) is 12.1 Å². The summed E-state index contributed by atoms with van der Waals surface area (Å²) < 4.78 is 29.9. The standard InChI is InChI=1S/C13H14F2N2O2/c1-17-8-9(7-16-17)6-12(18)10-2-4-11(5-3-10)19-13(14)15/h2-5,7-8,12-13,18H,6H2,1H3. The smallest absolute Gasteiger partial charge is 0.387 e. The van der Waals surface area contributed by atoms with Crippen LogP contribution in [0.3, 0.4) is 0 Å². The van der Waals surface area contributed by atoms with Crippen LogP contribution in [0.1, 0.15) is 17.2 Å². The van der Waals surface area contributed by atoms with Crippen molar-refractivity contribution < 1.29 is 18.6 Å². The van der Waals surface area contributed by atoms with Crippen LogP contribution >= 0.6 is 0 Å². The molecule has 1 atom stereocenters. The number of nitrogens with zero attached hydrogens (tertiary/aromatic N) is 2. The fourth-order valence-electron chi connectivity index (χ4n) is 1.79. The van der Waals surface area contributed by atoms with Gasteiger partial charge in [-0.15, -0.1) is 0 Å². The zero-order valence-electron chi connectivity index (χ0n) is 10.3. The Morgan fingerprint density at radius 2 is 2.00 bits per heavy atom. The first-order valence-corrected chi connectivity index (χ1v) is 5.75. The van der Waals surface area contributed by atoms with Crippen molar-refractivity contribution in [1.82, 2.24) is 9.78 Å². The van der Waals surface area contributed by atoms with E-state index < -0.39 is 12.7 Å². The first-order chi connectivity index (χ1) is 9.04. The monoisotopic (exact) mass is 268 g/mol. The zero-order valence-corrected chi connectivity index (χ0v) is 10.3. The maximum absolute atomic E-state index is 12.0. The molecule has 102 valence electrons. The molecule has 6 heteroatoms. The number of aryl methyl sites for hydroxylation is 1. The molecule has 0 amide bonds. The summed E-state index contributed by atoms with van der Waals surface area (Å²) in [6.07, 6.45) is 3.21. The highest BCUT2D eigenvalue weighted by Crippen LogP contribution is 2.21. The largest absolute Gasteiger partial charge is 0.435 e. The molecule has 0 spiro atoms. The van der Waals surface area contributed by atoms with Gasteiger partial charge in [-0.05, 0) is 23.3 Å². The van der Waals surface area contributed by atoms with Crippen molar-refractivity contribution in [3.8, 4) is 5.75 Å². The normalized spacial score (nSPS) is 12.7. The van der Waals surface area contributed by atoms with Gasteiger partial charge in [-0.3, -0.25) is 4.68 Å². The number of aliphatic hydroxyl groups excluding tert-OH is 1. The number of aromatic nitrogens is 2. The lowest BCUT2D eigenvalue weighted by Gasteiger charge is -2.11. The third-order valence-electron chi connectivity index (χ3n) is 2.68. The summed E-state index contributed by atoms with van der Waals surface area (Å²) in [5, 5.41) is 14.0. The molecule has 2 rings (SSSR count). The minimum absolute atomic E-state index is 0.0762. The zero-order chi connectivity index (χ0) is 13.8. The minimum Gasteiger partial charge on any atom is -0.435 e. The van der Waals surface area contributed by atoms with E-state index >= 15 is 0 Å². The van der Waals surface area contributed by atoms with Crippen LogP contribution in [0, 0.1) is 0 Å². The highest BCUT2D eigenvalue weighted by atomic mass is 19.3. The lowest BCUT2D eigenvalue weighted by molar-refractivity contribution is -0.0498. The predicted molar refractivity (Wildman–Crippen MR) is 64.9 cm³/mol. The highest BCUT2D eigenvalue weighted by Gasteiger charge is 2.11. The topological polar surface area (TPSA) is 47.3 Å². The number of alkyl halides is 2. The van der Waals surface area contributed by atoms with Gasteiger partial charge in [0, 0.05) is 19.7 Å². The van der Waals surface area contributed by atoms with Gasteiger partial charge in [0.15, 0.2) is 0 Å². The van der Waals surface area contributed by atoms with Crippen LogP contribution in [0.25, 0.3) is 0 Å². The van der Waals surface area contributed by atoms with E-state index in [2.05, 4.69) is 9.84 Å². The number of aliphatic hydroxyl groups is 1. The molecule has 1 N–H and O–H groups in total. The van der Waals surface area contributed by atoms with Crippen molar-refractivity contribution in [3.63, 3.8) is 0 Å². The van der Waals surface area contributed by atoms with Crippen molar-refractivity contribution in [1.29, 1.82) is 0 Å². The van der Waals surface area contributed by atoms with E-state index in [9.17, 15) is 13.9 Å². The number of rotatable bonds is 5. The number of ether oxygens (including phenoxy) is 1. The van der Waals surface area contributed by atoms with Gasteiger partial charge in [0.25, 0.3) is 0 Å². The summed E-state index contributed by atoms with van der Waals surface area (Å²) in [7, 11) is 1.80. The van der Waals surface area contributed by atoms with Crippen LogP contribution in [0.2, 0.25) is 0 Å². The summed E-state index contributed by atoms with van der Waals surface area (Å²) in [5.41, 5.74) is 1.55. The molecule has 0 radical (unpaired) electrons. The Balaban J connectivity index is 2.01. The summed E-state index contributed by atoms with van der Waals surface area (Å²) in [6.45, 7) is -2.84. The van der Waals surface area contributed by atoms with Gasteiger partial charge in [0.05, 0.1) is 12.3 Å². The molecule has 0 bridgehead atoms. The molecule has 1 heterocycles. The second-order valence-electron chi connectivity index (χ2n) is 4.19. The molecule has 1 unspecified atom stereocenters. The molecular weight excluding hydrogens is 254 g/mol.